The monoisotopic (exact) mass is 438 g/mol. The van der Waals surface area contributed by atoms with Gasteiger partial charge in [0, 0.05) is 51.4 Å². The Hall–Kier alpha value is -2.88. The molecule has 1 aromatic rings. The van der Waals surface area contributed by atoms with Crippen molar-refractivity contribution in [2.45, 2.75) is 26.4 Å². The van der Waals surface area contributed by atoms with Gasteiger partial charge in [-0.1, -0.05) is 0 Å². The SMILES string of the molecule is COc1cc(NC(=O)NCCN2CCN(C(=O)OC(C)(C)C)CC2)cc(OC)c1OC. The van der Waals surface area contributed by atoms with Crippen LogP contribution in [0.4, 0.5) is 15.3 Å². The molecule has 1 aromatic carbocycles. The highest BCUT2D eigenvalue weighted by Crippen LogP contribution is 2.39. The summed E-state index contributed by atoms with van der Waals surface area (Å²) in [6.07, 6.45) is -0.282. The minimum Gasteiger partial charge on any atom is -0.493 e. The third-order valence-corrected chi connectivity index (χ3v) is 4.66. The highest BCUT2D eigenvalue weighted by Gasteiger charge is 2.25. The molecule has 0 spiro atoms. The molecule has 0 aliphatic carbocycles. The Morgan fingerprint density at radius 2 is 1.55 bits per heavy atom. The van der Waals surface area contributed by atoms with Gasteiger partial charge in [-0.3, -0.25) is 4.90 Å². The van der Waals surface area contributed by atoms with Crippen LogP contribution in [0, 0.1) is 0 Å². The normalized spacial score (nSPS) is 14.6. The van der Waals surface area contributed by atoms with Crippen molar-refractivity contribution < 1.29 is 28.5 Å². The highest BCUT2D eigenvalue weighted by molar-refractivity contribution is 5.90. The van der Waals surface area contributed by atoms with Gasteiger partial charge < -0.3 is 34.5 Å². The first-order valence-electron chi connectivity index (χ1n) is 10.2. The summed E-state index contributed by atoms with van der Waals surface area (Å²) in [4.78, 5) is 28.3. The molecular weight excluding hydrogens is 404 g/mol. The lowest BCUT2D eigenvalue weighted by Crippen LogP contribution is -2.51. The first kappa shape index (κ1) is 24.4. The minimum absolute atomic E-state index is 0.282. The zero-order chi connectivity index (χ0) is 23.0. The second-order valence-corrected chi connectivity index (χ2v) is 8.10. The van der Waals surface area contributed by atoms with Crippen molar-refractivity contribution in [1.82, 2.24) is 15.1 Å². The Morgan fingerprint density at radius 3 is 2.03 bits per heavy atom. The van der Waals surface area contributed by atoms with Gasteiger partial charge in [-0.05, 0) is 20.8 Å². The lowest BCUT2D eigenvalue weighted by atomic mass is 10.2. The van der Waals surface area contributed by atoms with Crippen molar-refractivity contribution in [2.75, 3.05) is 65.9 Å². The number of nitrogens with one attached hydrogen (secondary N) is 2. The Bertz CT molecular complexity index is 732. The van der Waals surface area contributed by atoms with Crippen LogP contribution in [0.25, 0.3) is 0 Å². The molecule has 1 aliphatic heterocycles. The summed E-state index contributed by atoms with van der Waals surface area (Å²) >= 11 is 0. The molecule has 0 bridgehead atoms. The van der Waals surface area contributed by atoms with Crippen LogP contribution in [-0.2, 0) is 4.74 Å². The van der Waals surface area contributed by atoms with Crippen LogP contribution in [0.3, 0.4) is 0 Å². The molecule has 0 unspecified atom stereocenters. The smallest absolute Gasteiger partial charge is 0.410 e. The fourth-order valence-electron chi connectivity index (χ4n) is 3.14. The van der Waals surface area contributed by atoms with Gasteiger partial charge in [-0.15, -0.1) is 0 Å². The Morgan fingerprint density at radius 1 is 0.968 bits per heavy atom. The van der Waals surface area contributed by atoms with Crippen LogP contribution < -0.4 is 24.8 Å². The van der Waals surface area contributed by atoms with Gasteiger partial charge in [0.25, 0.3) is 0 Å². The van der Waals surface area contributed by atoms with E-state index in [0.29, 0.717) is 49.1 Å². The first-order valence-corrected chi connectivity index (χ1v) is 10.2. The van der Waals surface area contributed by atoms with Crippen LogP contribution in [-0.4, -0.2) is 88.1 Å². The Kier molecular flexibility index (Phi) is 8.61. The lowest BCUT2D eigenvalue weighted by molar-refractivity contribution is 0.0147. The predicted octanol–water partition coefficient (Wildman–Crippen LogP) is 2.39. The first-order chi connectivity index (χ1) is 14.7. The molecule has 3 amide bonds. The zero-order valence-corrected chi connectivity index (χ0v) is 19.2. The highest BCUT2D eigenvalue weighted by atomic mass is 16.6. The quantitative estimate of drug-likeness (QED) is 0.674. The fraction of sp³-hybridized carbons (Fsp3) is 0.619. The number of carbonyl (C=O) groups excluding carboxylic acids is 2. The summed E-state index contributed by atoms with van der Waals surface area (Å²) in [5.74, 6) is 1.38. The van der Waals surface area contributed by atoms with Crippen molar-refractivity contribution in [3.05, 3.63) is 12.1 Å². The Balaban J connectivity index is 1.76. The summed E-state index contributed by atoms with van der Waals surface area (Å²) in [6, 6.07) is 3.00. The van der Waals surface area contributed by atoms with Crippen LogP contribution in [0.2, 0.25) is 0 Å². The molecular formula is C21H34N4O6. The molecule has 1 saturated heterocycles. The second-order valence-electron chi connectivity index (χ2n) is 8.10. The van der Waals surface area contributed by atoms with Crippen molar-refractivity contribution in [2.24, 2.45) is 0 Å². The zero-order valence-electron chi connectivity index (χ0n) is 19.2. The van der Waals surface area contributed by atoms with Crippen LogP contribution in [0.5, 0.6) is 17.2 Å². The number of hydrogen-bond acceptors (Lipinski definition) is 7. The number of anilines is 1. The topological polar surface area (TPSA) is 102 Å². The summed E-state index contributed by atoms with van der Waals surface area (Å²) < 4.78 is 21.3. The number of ether oxygens (including phenoxy) is 4. The second kappa shape index (κ2) is 10.9. The molecule has 31 heavy (non-hydrogen) atoms. The van der Waals surface area contributed by atoms with Gasteiger partial charge in [-0.25, -0.2) is 9.59 Å². The van der Waals surface area contributed by atoms with Crippen LogP contribution in [0.1, 0.15) is 20.8 Å². The van der Waals surface area contributed by atoms with Crippen LogP contribution in [0.15, 0.2) is 12.1 Å². The fourth-order valence-corrected chi connectivity index (χ4v) is 3.14. The predicted molar refractivity (Wildman–Crippen MR) is 117 cm³/mol. The number of rotatable bonds is 7. The van der Waals surface area contributed by atoms with E-state index in [4.69, 9.17) is 18.9 Å². The molecule has 0 aromatic heterocycles. The van der Waals surface area contributed by atoms with Gasteiger partial charge in [0.05, 0.1) is 27.0 Å². The molecule has 0 radical (unpaired) electrons. The van der Waals surface area contributed by atoms with Gasteiger partial charge in [0.2, 0.25) is 5.75 Å². The molecule has 1 fully saturated rings. The van der Waals surface area contributed by atoms with E-state index in [1.165, 1.54) is 21.3 Å². The van der Waals surface area contributed by atoms with Crippen molar-refractivity contribution in [1.29, 1.82) is 0 Å². The number of hydrogen-bond donors (Lipinski definition) is 2. The van der Waals surface area contributed by atoms with Crippen LogP contribution >= 0.6 is 0 Å². The number of amides is 3. The summed E-state index contributed by atoms with van der Waals surface area (Å²) in [5, 5.41) is 5.61. The summed E-state index contributed by atoms with van der Waals surface area (Å²) in [7, 11) is 4.56. The molecule has 1 heterocycles. The van der Waals surface area contributed by atoms with Gasteiger partial charge in [0.15, 0.2) is 11.5 Å². The molecule has 2 rings (SSSR count). The maximum atomic E-state index is 12.3. The largest absolute Gasteiger partial charge is 0.493 e. The molecule has 2 N–H and O–H groups in total. The number of methoxy groups -OCH3 is 3. The number of piperazine rings is 1. The third kappa shape index (κ3) is 7.39. The van der Waals surface area contributed by atoms with Gasteiger partial charge >= 0.3 is 12.1 Å². The van der Waals surface area contributed by atoms with E-state index in [1.54, 1.807) is 17.0 Å². The van der Waals surface area contributed by atoms with E-state index in [1.807, 2.05) is 20.8 Å². The maximum Gasteiger partial charge on any atom is 0.410 e. The average molecular weight is 439 g/mol. The number of carbonyl (C=O) groups is 2. The maximum absolute atomic E-state index is 12.3. The van der Waals surface area contributed by atoms with E-state index in [9.17, 15) is 9.59 Å². The number of urea groups is 1. The standard InChI is InChI=1S/C21H34N4O6/c1-21(2,3)31-20(27)25-11-9-24(10-12-25)8-7-22-19(26)23-15-13-16(28-4)18(30-6)17(14-15)29-5/h13-14H,7-12H2,1-6H3,(H2,22,23,26). The molecule has 10 nitrogen and oxygen atoms in total. The summed E-state index contributed by atoms with van der Waals surface area (Å²) in [5.41, 5.74) is 0.0293. The molecule has 0 atom stereocenters. The van der Waals surface area contributed by atoms with E-state index in [0.717, 1.165) is 13.1 Å². The van der Waals surface area contributed by atoms with E-state index in [2.05, 4.69) is 15.5 Å². The third-order valence-electron chi connectivity index (χ3n) is 4.66. The lowest BCUT2D eigenvalue weighted by Gasteiger charge is -2.35. The average Bonchev–Trinajstić information content (AvgIpc) is 2.72. The molecule has 1 aliphatic rings. The van der Waals surface area contributed by atoms with Crippen molar-refractivity contribution >= 4 is 17.8 Å². The molecule has 174 valence electrons. The van der Waals surface area contributed by atoms with Gasteiger partial charge in [-0.2, -0.15) is 0 Å². The molecule has 0 saturated carbocycles. The van der Waals surface area contributed by atoms with Crippen molar-refractivity contribution in [3.63, 3.8) is 0 Å². The van der Waals surface area contributed by atoms with E-state index in [-0.39, 0.29) is 12.1 Å². The van der Waals surface area contributed by atoms with E-state index < -0.39 is 5.60 Å². The minimum atomic E-state index is -0.497. The van der Waals surface area contributed by atoms with Crippen molar-refractivity contribution in [3.8, 4) is 17.2 Å². The Labute approximate surface area is 183 Å². The van der Waals surface area contributed by atoms with Gasteiger partial charge in [0.1, 0.15) is 5.60 Å². The summed E-state index contributed by atoms with van der Waals surface area (Å²) in [6.45, 7) is 9.40. The van der Waals surface area contributed by atoms with E-state index >= 15 is 0 Å². The molecule has 10 heteroatoms. The number of benzene rings is 1. The number of nitrogens with zero attached hydrogens (tertiary/aromatic N) is 2.